The molecule has 0 radical (unpaired) electrons. The van der Waals surface area contributed by atoms with Gasteiger partial charge in [-0.1, -0.05) is 0 Å². The Bertz CT molecular complexity index is 363. The highest BCUT2D eigenvalue weighted by atomic mass is 35.5. The molecule has 0 heterocycles. The molecule has 0 aliphatic heterocycles. The van der Waals surface area contributed by atoms with Gasteiger partial charge in [-0.2, -0.15) is 0 Å². The Kier molecular flexibility index (Phi) is 15.8. The fraction of sp³-hybridized carbons (Fsp3) is 0.417. The minimum absolute atomic E-state index is 0. The maximum absolute atomic E-state index is 11.0. The molecule has 0 fully saturated rings. The molecular weight excluding hydrogens is 325 g/mol. The van der Waals surface area contributed by atoms with Crippen molar-refractivity contribution in [3.8, 4) is 0 Å². The molecule has 0 aliphatic rings. The molecule has 1 aromatic rings. The minimum Gasteiger partial charge on any atom is -0.480 e. The van der Waals surface area contributed by atoms with Crippen molar-refractivity contribution in [1.29, 1.82) is 0 Å². The number of carboxylic acids is 1. The van der Waals surface area contributed by atoms with Crippen LogP contribution in [0.5, 0.6) is 0 Å². The van der Waals surface area contributed by atoms with Gasteiger partial charge in [0.2, 0.25) is 0 Å². The third-order valence-electron chi connectivity index (χ3n) is 2.50. The molecule has 118 valence electrons. The van der Waals surface area contributed by atoms with Crippen LogP contribution in [-0.4, -0.2) is 23.7 Å². The van der Waals surface area contributed by atoms with Crippen molar-refractivity contribution < 1.29 is 9.90 Å². The van der Waals surface area contributed by atoms with E-state index in [1.165, 1.54) is 0 Å². The van der Waals surface area contributed by atoms with E-state index in [2.05, 4.69) is 5.32 Å². The summed E-state index contributed by atoms with van der Waals surface area (Å²) in [5.41, 5.74) is 12.4. The second kappa shape index (κ2) is 13.1. The smallest absolute Gasteiger partial charge is 0.326 e. The molecule has 0 spiro atoms. The number of hydrogen-bond acceptors (Lipinski definition) is 4. The predicted molar refractivity (Wildman–Crippen MR) is 90.6 cm³/mol. The average Bonchev–Trinajstić information content (AvgIpc) is 2.30. The van der Waals surface area contributed by atoms with Gasteiger partial charge in [0, 0.05) is 11.4 Å². The summed E-state index contributed by atoms with van der Waals surface area (Å²) in [5.74, 6) is -0.848. The van der Waals surface area contributed by atoms with E-state index in [9.17, 15) is 4.79 Å². The number of carbonyl (C=O) groups is 1. The molecule has 0 bridgehead atoms. The quantitative estimate of drug-likeness (QED) is 0.449. The lowest BCUT2D eigenvalue weighted by atomic mass is 10.1. The zero-order valence-electron chi connectivity index (χ0n) is 11.0. The van der Waals surface area contributed by atoms with Crippen LogP contribution in [0.1, 0.15) is 19.3 Å². The average molecular weight is 347 g/mol. The number of halogens is 3. The van der Waals surface area contributed by atoms with E-state index in [1.54, 1.807) is 24.3 Å². The molecule has 0 aliphatic carbocycles. The number of benzene rings is 1. The molecule has 6 N–H and O–H groups in total. The number of rotatable bonds is 7. The first-order chi connectivity index (χ1) is 8.13. The van der Waals surface area contributed by atoms with Gasteiger partial charge >= 0.3 is 5.97 Å². The third kappa shape index (κ3) is 9.09. The van der Waals surface area contributed by atoms with Crippen molar-refractivity contribution in [1.82, 2.24) is 0 Å². The Balaban J connectivity index is -0.000000963. The SMILES string of the molecule is Cl.Cl.Cl.NCCCC[C@H](Nc1ccc(N)cc1)C(=O)O. The summed E-state index contributed by atoms with van der Waals surface area (Å²) in [6.07, 6.45) is 2.21. The number of nitrogen functional groups attached to an aromatic ring is 1. The van der Waals surface area contributed by atoms with Gasteiger partial charge in [0.05, 0.1) is 0 Å². The lowest BCUT2D eigenvalue weighted by molar-refractivity contribution is -0.138. The van der Waals surface area contributed by atoms with E-state index < -0.39 is 12.0 Å². The first-order valence-electron chi connectivity index (χ1n) is 5.68. The summed E-state index contributed by atoms with van der Waals surface area (Å²) in [7, 11) is 0. The zero-order valence-corrected chi connectivity index (χ0v) is 13.4. The fourth-order valence-electron chi connectivity index (χ4n) is 1.53. The maximum atomic E-state index is 11.0. The summed E-state index contributed by atoms with van der Waals surface area (Å²) >= 11 is 0. The molecule has 1 atom stereocenters. The van der Waals surface area contributed by atoms with Crippen LogP contribution in [0.3, 0.4) is 0 Å². The molecule has 8 heteroatoms. The Morgan fingerprint density at radius 2 is 1.70 bits per heavy atom. The first-order valence-corrected chi connectivity index (χ1v) is 5.68. The summed E-state index contributed by atoms with van der Waals surface area (Å²) in [4.78, 5) is 11.0. The topological polar surface area (TPSA) is 101 Å². The van der Waals surface area contributed by atoms with E-state index in [-0.39, 0.29) is 37.2 Å². The van der Waals surface area contributed by atoms with Crippen molar-refractivity contribution in [2.45, 2.75) is 25.3 Å². The van der Waals surface area contributed by atoms with Gasteiger partial charge in [-0.25, -0.2) is 4.79 Å². The van der Waals surface area contributed by atoms with Gasteiger partial charge in [0.25, 0.3) is 0 Å². The lowest BCUT2D eigenvalue weighted by Crippen LogP contribution is -2.29. The van der Waals surface area contributed by atoms with Gasteiger partial charge in [-0.05, 0) is 50.1 Å². The number of hydrogen-bond donors (Lipinski definition) is 4. The first kappa shape index (κ1) is 24.2. The highest BCUT2D eigenvalue weighted by Gasteiger charge is 2.16. The van der Waals surface area contributed by atoms with E-state index in [4.69, 9.17) is 16.6 Å². The summed E-state index contributed by atoms with van der Waals surface area (Å²) in [6, 6.07) is 6.44. The van der Waals surface area contributed by atoms with Crippen LogP contribution < -0.4 is 16.8 Å². The molecule has 0 saturated heterocycles. The van der Waals surface area contributed by atoms with Gasteiger partial charge in [0.15, 0.2) is 0 Å². The number of anilines is 2. The highest BCUT2D eigenvalue weighted by Crippen LogP contribution is 2.14. The Hall–Kier alpha value is -0.880. The molecule has 0 aromatic heterocycles. The normalized spacial score (nSPS) is 10.2. The molecule has 1 aromatic carbocycles. The minimum atomic E-state index is -0.848. The van der Waals surface area contributed by atoms with Crippen molar-refractivity contribution in [3.05, 3.63) is 24.3 Å². The van der Waals surface area contributed by atoms with Crippen LogP contribution in [0.2, 0.25) is 0 Å². The second-order valence-electron chi connectivity index (χ2n) is 3.94. The van der Waals surface area contributed by atoms with E-state index in [1.807, 2.05) is 0 Å². The Morgan fingerprint density at radius 3 is 2.15 bits per heavy atom. The second-order valence-corrected chi connectivity index (χ2v) is 3.94. The van der Waals surface area contributed by atoms with E-state index in [0.29, 0.717) is 18.7 Å². The molecule has 0 saturated carbocycles. The van der Waals surface area contributed by atoms with E-state index in [0.717, 1.165) is 18.5 Å². The predicted octanol–water partition coefficient (Wildman–Crippen LogP) is 2.53. The van der Waals surface area contributed by atoms with Gasteiger partial charge in [-0.3, -0.25) is 0 Å². The van der Waals surface area contributed by atoms with Crippen LogP contribution in [0.4, 0.5) is 11.4 Å². The monoisotopic (exact) mass is 345 g/mol. The molecule has 0 amide bonds. The molecule has 5 nitrogen and oxygen atoms in total. The molecule has 20 heavy (non-hydrogen) atoms. The summed E-state index contributed by atoms with van der Waals surface area (Å²) in [5, 5.41) is 12.0. The summed E-state index contributed by atoms with van der Waals surface area (Å²) in [6.45, 7) is 0.591. The number of carboxylic acid groups (broad SMARTS) is 1. The third-order valence-corrected chi connectivity index (χ3v) is 2.50. The number of nitrogens with two attached hydrogens (primary N) is 2. The van der Waals surface area contributed by atoms with Crippen LogP contribution in [0.25, 0.3) is 0 Å². The van der Waals surface area contributed by atoms with Crippen LogP contribution >= 0.6 is 37.2 Å². The van der Waals surface area contributed by atoms with Gasteiger partial charge in [0.1, 0.15) is 6.04 Å². The van der Waals surface area contributed by atoms with Crippen molar-refractivity contribution in [2.75, 3.05) is 17.6 Å². The Labute approximate surface area is 137 Å². The maximum Gasteiger partial charge on any atom is 0.326 e. The highest BCUT2D eigenvalue weighted by molar-refractivity contribution is 5.86. The summed E-state index contributed by atoms with van der Waals surface area (Å²) < 4.78 is 0. The lowest BCUT2D eigenvalue weighted by Gasteiger charge is -2.15. The number of aliphatic carboxylic acids is 1. The van der Waals surface area contributed by atoms with Crippen molar-refractivity contribution in [2.24, 2.45) is 5.73 Å². The largest absolute Gasteiger partial charge is 0.480 e. The molecular formula is C12H22Cl3N3O2. The molecule has 0 unspecified atom stereocenters. The van der Waals surface area contributed by atoms with Crippen LogP contribution in [-0.2, 0) is 4.79 Å². The van der Waals surface area contributed by atoms with Crippen LogP contribution in [0, 0.1) is 0 Å². The van der Waals surface area contributed by atoms with Crippen molar-refractivity contribution >= 4 is 54.6 Å². The standard InChI is InChI=1S/C12H19N3O2.3ClH/c13-8-2-1-3-11(12(16)17)15-10-6-4-9(14)5-7-10;;;/h4-7,11,15H,1-3,8,13-14H2,(H,16,17);3*1H/t11-;;;/m0.../s1. The van der Waals surface area contributed by atoms with Gasteiger partial charge < -0.3 is 21.9 Å². The number of unbranched alkanes of at least 4 members (excludes halogenated alkanes) is 1. The fourth-order valence-corrected chi connectivity index (χ4v) is 1.53. The number of nitrogens with one attached hydrogen (secondary N) is 1. The van der Waals surface area contributed by atoms with E-state index >= 15 is 0 Å². The Morgan fingerprint density at radius 1 is 1.15 bits per heavy atom. The van der Waals surface area contributed by atoms with Crippen molar-refractivity contribution in [3.63, 3.8) is 0 Å². The zero-order chi connectivity index (χ0) is 12.7. The van der Waals surface area contributed by atoms with Gasteiger partial charge in [-0.15, -0.1) is 37.2 Å². The molecule has 1 rings (SSSR count). The van der Waals surface area contributed by atoms with Crippen LogP contribution in [0.15, 0.2) is 24.3 Å².